The number of benzene rings is 1. The van der Waals surface area contributed by atoms with Crippen LogP contribution in [0.2, 0.25) is 0 Å². The molecule has 1 atom stereocenters. The molecule has 1 N–H and O–H groups in total. The number of likely N-dealkylation sites (tertiary alicyclic amines) is 1. The normalized spacial score (nSPS) is 17.8. The van der Waals surface area contributed by atoms with Crippen molar-refractivity contribution >= 4 is 11.8 Å². The summed E-state index contributed by atoms with van der Waals surface area (Å²) >= 11 is 0. The Hall–Kier alpha value is -1.84. The van der Waals surface area contributed by atoms with Crippen LogP contribution in [0.5, 0.6) is 0 Å². The van der Waals surface area contributed by atoms with Crippen molar-refractivity contribution < 1.29 is 9.59 Å². The third-order valence-corrected chi connectivity index (χ3v) is 4.46. The molecule has 24 heavy (non-hydrogen) atoms. The molecule has 0 radical (unpaired) electrons. The molecule has 1 saturated heterocycles. The number of carbonyl (C=O) groups excluding carboxylic acids is 2. The highest BCUT2D eigenvalue weighted by Gasteiger charge is 2.35. The Morgan fingerprint density at radius 3 is 2.38 bits per heavy atom. The van der Waals surface area contributed by atoms with Crippen LogP contribution in [0, 0.1) is 5.41 Å². The minimum absolute atomic E-state index is 0.0330. The first-order valence-corrected chi connectivity index (χ1v) is 8.95. The summed E-state index contributed by atoms with van der Waals surface area (Å²) in [4.78, 5) is 26.7. The van der Waals surface area contributed by atoms with Gasteiger partial charge in [-0.25, -0.2) is 0 Å². The van der Waals surface area contributed by atoms with Gasteiger partial charge in [0, 0.05) is 19.5 Å². The Balaban J connectivity index is 1.91. The van der Waals surface area contributed by atoms with Crippen molar-refractivity contribution in [2.24, 2.45) is 5.41 Å². The molecule has 0 aliphatic carbocycles. The van der Waals surface area contributed by atoms with E-state index in [9.17, 15) is 9.59 Å². The van der Waals surface area contributed by atoms with Crippen molar-refractivity contribution in [2.75, 3.05) is 6.54 Å². The molecule has 1 heterocycles. The van der Waals surface area contributed by atoms with Crippen LogP contribution < -0.4 is 5.32 Å². The minimum atomic E-state index is -0.310. The van der Waals surface area contributed by atoms with E-state index in [0.717, 1.165) is 24.8 Å². The number of carbonyl (C=O) groups is 2. The number of aryl methyl sites for hydroxylation is 1. The number of nitrogens with zero attached hydrogens (tertiary/aromatic N) is 1. The molecule has 0 aromatic heterocycles. The Morgan fingerprint density at radius 1 is 1.17 bits per heavy atom. The van der Waals surface area contributed by atoms with Gasteiger partial charge in [0.15, 0.2) is 0 Å². The van der Waals surface area contributed by atoms with Crippen LogP contribution in [-0.2, 0) is 22.6 Å². The fourth-order valence-corrected chi connectivity index (χ4v) is 3.09. The lowest BCUT2D eigenvalue weighted by atomic mass is 9.91. The predicted octanol–water partition coefficient (Wildman–Crippen LogP) is 3.29. The van der Waals surface area contributed by atoms with Gasteiger partial charge in [0.25, 0.3) is 0 Å². The van der Waals surface area contributed by atoms with Gasteiger partial charge in [-0.2, -0.15) is 0 Å². The number of hydrogen-bond acceptors (Lipinski definition) is 2. The minimum Gasteiger partial charge on any atom is -0.350 e. The number of amides is 2. The predicted molar refractivity (Wildman–Crippen MR) is 96.5 cm³/mol. The lowest BCUT2D eigenvalue weighted by Crippen LogP contribution is -2.46. The van der Waals surface area contributed by atoms with E-state index in [1.807, 2.05) is 0 Å². The highest BCUT2D eigenvalue weighted by molar-refractivity contribution is 5.88. The molecule has 0 unspecified atom stereocenters. The van der Waals surface area contributed by atoms with E-state index in [1.165, 1.54) is 5.56 Å². The molecule has 4 nitrogen and oxygen atoms in total. The molecule has 2 amide bonds. The van der Waals surface area contributed by atoms with Crippen molar-refractivity contribution in [1.29, 1.82) is 0 Å². The van der Waals surface area contributed by atoms with Gasteiger partial charge in [-0.1, -0.05) is 52.0 Å². The van der Waals surface area contributed by atoms with Gasteiger partial charge >= 0.3 is 0 Å². The second-order valence-electron chi connectivity index (χ2n) is 7.87. The van der Waals surface area contributed by atoms with Gasteiger partial charge in [-0.15, -0.1) is 0 Å². The highest BCUT2D eigenvalue weighted by Crippen LogP contribution is 2.24. The maximum atomic E-state index is 12.5. The zero-order valence-corrected chi connectivity index (χ0v) is 15.4. The standard InChI is InChI=1S/C20H30N2O2/c1-5-15-8-10-16(11-9-15)14-21-19(24)17-7-6-12-22(17)18(23)13-20(2,3)4/h8-11,17H,5-7,12-14H2,1-4H3,(H,21,24)/t17-/m1/s1. The molecule has 1 aliphatic heterocycles. The van der Waals surface area contributed by atoms with E-state index in [2.05, 4.69) is 57.3 Å². The molecule has 4 heteroatoms. The molecule has 1 aromatic rings. The molecule has 0 spiro atoms. The first kappa shape index (κ1) is 18.5. The molecular formula is C20H30N2O2. The van der Waals surface area contributed by atoms with Crippen molar-refractivity contribution in [3.05, 3.63) is 35.4 Å². The second-order valence-corrected chi connectivity index (χ2v) is 7.87. The lowest BCUT2D eigenvalue weighted by molar-refractivity contribution is -0.139. The fourth-order valence-electron chi connectivity index (χ4n) is 3.09. The van der Waals surface area contributed by atoms with E-state index in [4.69, 9.17) is 0 Å². The summed E-state index contributed by atoms with van der Waals surface area (Å²) in [6, 6.07) is 7.98. The van der Waals surface area contributed by atoms with E-state index >= 15 is 0 Å². The smallest absolute Gasteiger partial charge is 0.243 e. The van der Waals surface area contributed by atoms with Gasteiger partial charge in [0.05, 0.1) is 0 Å². The van der Waals surface area contributed by atoms with Crippen molar-refractivity contribution in [3.8, 4) is 0 Å². The summed E-state index contributed by atoms with van der Waals surface area (Å²) in [5, 5.41) is 2.99. The van der Waals surface area contributed by atoms with Gasteiger partial charge in [0.1, 0.15) is 6.04 Å². The molecule has 1 aromatic carbocycles. The summed E-state index contributed by atoms with van der Waals surface area (Å²) in [6.07, 6.45) is 3.16. The first-order chi connectivity index (χ1) is 11.3. The van der Waals surface area contributed by atoms with Crippen LogP contribution in [0.1, 0.15) is 58.1 Å². The highest BCUT2D eigenvalue weighted by atomic mass is 16.2. The summed E-state index contributed by atoms with van der Waals surface area (Å²) in [7, 11) is 0. The zero-order chi connectivity index (χ0) is 17.7. The molecule has 0 bridgehead atoms. The van der Waals surface area contributed by atoms with Crippen molar-refractivity contribution in [1.82, 2.24) is 10.2 Å². The summed E-state index contributed by atoms with van der Waals surface area (Å²) in [5.41, 5.74) is 2.33. The lowest BCUT2D eigenvalue weighted by Gasteiger charge is -2.27. The average Bonchev–Trinajstić information content (AvgIpc) is 3.01. The maximum absolute atomic E-state index is 12.5. The topological polar surface area (TPSA) is 49.4 Å². The number of nitrogens with one attached hydrogen (secondary N) is 1. The Bertz CT molecular complexity index is 572. The van der Waals surface area contributed by atoms with Crippen LogP contribution in [0.3, 0.4) is 0 Å². The van der Waals surface area contributed by atoms with Gasteiger partial charge in [-0.3, -0.25) is 9.59 Å². The maximum Gasteiger partial charge on any atom is 0.243 e. The van der Waals surface area contributed by atoms with Crippen LogP contribution >= 0.6 is 0 Å². The zero-order valence-electron chi connectivity index (χ0n) is 15.4. The quantitative estimate of drug-likeness (QED) is 0.900. The average molecular weight is 330 g/mol. The first-order valence-electron chi connectivity index (χ1n) is 8.95. The van der Waals surface area contributed by atoms with Gasteiger partial charge in [-0.05, 0) is 35.8 Å². The van der Waals surface area contributed by atoms with Gasteiger partial charge in [0.2, 0.25) is 11.8 Å². The molecule has 2 rings (SSSR count). The van der Waals surface area contributed by atoms with Crippen LogP contribution in [0.25, 0.3) is 0 Å². The van der Waals surface area contributed by atoms with E-state index < -0.39 is 0 Å². The summed E-state index contributed by atoms with van der Waals surface area (Å²) < 4.78 is 0. The van der Waals surface area contributed by atoms with E-state index in [1.54, 1.807) is 4.90 Å². The van der Waals surface area contributed by atoms with Gasteiger partial charge < -0.3 is 10.2 Å². The van der Waals surface area contributed by atoms with Crippen LogP contribution in [-0.4, -0.2) is 29.3 Å². The van der Waals surface area contributed by atoms with E-state index in [-0.39, 0.29) is 23.3 Å². The third-order valence-electron chi connectivity index (χ3n) is 4.46. The summed E-state index contributed by atoms with van der Waals surface area (Å²) in [6.45, 7) is 9.49. The number of rotatable bonds is 5. The fraction of sp³-hybridized carbons (Fsp3) is 0.600. The Morgan fingerprint density at radius 2 is 1.79 bits per heavy atom. The second kappa shape index (κ2) is 7.82. The largest absolute Gasteiger partial charge is 0.350 e. The SMILES string of the molecule is CCc1ccc(CNC(=O)[C@H]2CCCN2C(=O)CC(C)(C)C)cc1. The molecule has 1 fully saturated rings. The Kier molecular flexibility index (Phi) is 6.03. The van der Waals surface area contributed by atoms with Crippen LogP contribution in [0.4, 0.5) is 0 Å². The molecular weight excluding hydrogens is 300 g/mol. The Labute approximate surface area is 145 Å². The van der Waals surface area contributed by atoms with Crippen molar-refractivity contribution in [3.63, 3.8) is 0 Å². The van der Waals surface area contributed by atoms with E-state index in [0.29, 0.717) is 19.5 Å². The molecule has 0 saturated carbocycles. The third kappa shape index (κ3) is 5.08. The summed E-state index contributed by atoms with van der Waals surface area (Å²) in [5.74, 6) is 0.0572. The van der Waals surface area contributed by atoms with Crippen molar-refractivity contribution in [2.45, 2.75) is 66.0 Å². The monoisotopic (exact) mass is 330 g/mol. The molecule has 1 aliphatic rings. The number of hydrogen-bond donors (Lipinski definition) is 1. The van der Waals surface area contributed by atoms with Crippen LogP contribution in [0.15, 0.2) is 24.3 Å². The molecule has 132 valence electrons.